The zero-order valence-electron chi connectivity index (χ0n) is 7.20. The minimum atomic E-state index is -4.59. The lowest BCUT2D eigenvalue weighted by molar-refractivity contribution is -0.170. The van der Waals surface area contributed by atoms with Gasteiger partial charge in [-0.1, -0.05) is 0 Å². The maximum Gasteiger partial charge on any atom is 0.383 e. The Balaban J connectivity index is 2.48. The van der Waals surface area contributed by atoms with Crippen LogP contribution in [0.1, 0.15) is 6.42 Å². The quantitative estimate of drug-likeness (QED) is 0.666. The molecule has 1 fully saturated rings. The van der Waals surface area contributed by atoms with Gasteiger partial charge in [-0.05, 0) is 13.0 Å². The lowest BCUT2D eigenvalue weighted by atomic mass is 10.2. The van der Waals surface area contributed by atoms with Crippen LogP contribution in [0.15, 0.2) is 0 Å². The molecule has 0 saturated carbocycles. The van der Waals surface area contributed by atoms with Crippen molar-refractivity contribution in [1.29, 1.82) is 0 Å². The molecule has 2 N–H and O–H groups in total. The first-order chi connectivity index (χ1) is 6.44. The first-order valence-electron chi connectivity index (χ1n) is 4.12. The van der Waals surface area contributed by atoms with Crippen molar-refractivity contribution >= 4 is 5.91 Å². The highest BCUT2D eigenvalue weighted by Crippen LogP contribution is 2.23. The fraction of sp³-hybridized carbons (Fsp3) is 0.857. The highest BCUT2D eigenvalue weighted by molar-refractivity contribution is 5.84. The van der Waals surface area contributed by atoms with Gasteiger partial charge >= 0.3 is 12.3 Å². The maximum atomic E-state index is 12.4. The minimum Gasteiger partial charge on any atom is -0.347 e. The first kappa shape index (κ1) is 11.2. The largest absolute Gasteiger partial charge is 0.383 e. The molecular weight excluding hydrogens is 204 g/mol. The molecule has 1 aliphatic heterocycles. The zero-order chi connectivity index (χ0) is 10.8. The van der Waals surface area contributed by atoms with E-state index in [9.17, 15) is 22.4 Å². The Hall–Kier alpha value is -0.850. The van der Waals surface area contributed by atoms with Crippen LogP contribution in [0.5, 0.6) is 0 Å². The predicted molar refractivity (Wildman–Crippen MR) is 40.4 cm³/mol. The highest BCUT2D eigenvalue weighted by atomic mass is 19.3. The van der Waals surface area contributed by atoms with Crippen LogP contribution in [-0.2, 0) is 4.79 Å². The van der Waals surface area contributed by atoms with Gasteiger partial charge in [0, 0.05) is 12.6 Å². The number of halogens is 4. The molecule has 0 aromatic heterocycles. The average molecular weight is 214 g/mol. The van der Waals surface area contributed by atoms with Gasteiger partial charge in [0.05, 0.1) is 0 Å². The highest BCUT2D eigenvalue weighted by Gasteiger charge is 2.49. The van der Waals surface area contributed by atoms with Crippen molar-refractivity contribution < 1.29 is 22.4 Å². The third-order valence-electron chi connectivity index (χ3n) is 1.97. The molecule has 0 aromatic carbocycles. The SMILES string of the molecule is O=C(N[C@@H]1CCNC1)C(F)(F)C(F)F. The van der Waals surface area contributed by atoms with Gasteiger partial charge in [0.25, 0.3) is 5.91 Å². The van der Waals surface area contributed by atoms with E-state index in [4.69, 9.17) is 0 Å². The lowest BCUT2D eigenvalue weighted by Crippen LogP contribution is -2.49. The smallest absolute Gasteiger partial charge is 0.347 e. The molecule has 0 radical (unpaired) electrons. The standard InChI is InChI=1S/C7H10F4N2O/c8-5(9)7(10,11)6(14)13-4-1-2-12-3-4/h4-5,12H,1-3H2,(H,13,14)/t4-/m1/s1. The summed E-state index contributed by atoms with van der Waals surface area (Å²) >= 11 is 0. The van der Waals surface area contributed by atoms with E-state index in [1.54, 1.807) is 0 Å². The summed E-state index contributed by atoms with van der Waals surface area (Å²) in [7, 11) is 0. The fourth-order valence-corrected chi connectivity index (χ4v) is 1.16. The van der Waals surface area contributed by atoms with E-state index >= 15 is 0 Å². The van der Waals surface area contributed by atoms with E-state index in [2.05, 4.69) is 5.32 Å². The molecule has 0 aliphatic carbocycles. The second-order valence-electron chi connectivity index (χ2n) is 3.09. The number of hydrogen-bond acceptors (Lipinski definition) is 2. The van der Waals surface area contributed by atoms with Crippen LogP contribution >= 0.6 is 0 Å². The second-order valence-corrected chi connectivity index (χ2v) is 3.09. The van der Waals surface area contributed by atoms with Crippen molar-refractivity contribution in [2.24, 2.45) is 0 Å². The summed E-state index contributed by atoms with van der Waals surface area (Å²) in [6.45, 7) is 0.927. The summed E-state index contributed by atoms with van der Waals surface area (Å²) in [5.74, 6) is -6.50. The molecule has 82 valence electrons. The van der Waals surface area contributed by atoms with E-state index < -0.39 is 24.3 Å². The first-order valence-corrected chi connectivity index (χ1v) is 4.12. The number of rotatable bonds is 3. The van der Waals surface area contributed by atoms with Crippen molar-refractivity contribution in [3.63, 3.8) is 0 Å². The van der Waals surface area contributed by atoms with E-state index in [0.29, 0.717) is 19.5 Å². The van der Waals surface area contributed by atoms with Crippen LogP contribution in [0.25, 0.3) is 0 Å². The molecule has 14 heavy (non-hydrogen) atoms. The average Bonchev–Trinajstić information content (AvgIpc) is 2.56. The Morgan fingerprint density at radius 3 is 2.57 bits per heavy atom. The summed E-state index contributed by atoms with van der Waals surface area (Å²) in [6, 6.07) is -0.480. The predicted octanol–water partition coefficient (Wildman–Crippen LogP) is 0.365. The van der Waals surface area contributed by atoms with Gasteiger partial charge in [-0.3, -0.25) is 4.79 Å². The number of amides is 1. The summed E-state index contributed by atoms with van der Waals surface area (Å²) in [4.78, 5) is 10.7. The fourth-order valence-electron chi connectivity index (χ4n) is 1.16. The number of carbonyl (C=O) groups is 1. The molecule has 1 saturated heterocycles. The van der Waals surface area contributed by atoms with Gasteiger partial charge in [-0.2, -0.15) is 8.78 Å². The van der Waals surface area contributed by atoms with Crippen molar-refractivity contribution in [2.45, 2.75) is 24.8 Å². The van der Waals surface area contributed by atoms with E-state index in [0.717, 1.165) is 0 Å². The maximum absolute atomic E-state index is 12.4. The van der Waals surface area contributed by atoms with Crippen molar-refractivity contribution in [2.75, 3.05) is 13.1 Å². The molecule has 0 bridgehead atoms. The van der Waals surface area contributed by atoms with Crippen LogP contribution in [0.3, 0.4) is 0 Å². The van der Waals surface area contributed by atoms with Crippen molar-refractivity contribution in [3.05, 3.63) is 0 Å². The molecule has 0 aromatic rings. The zero-order valence-corrected chi connectivity index (χ0v) is 7.20. The lowest BCUT2D eigenvalue weighted by Gasteiger charge is -2.17. The number of nitrogens with one attached hydrogen (secondary N) is 2. The number of carbonyl (C=O) groups excluding carboxylic acids is 1. The van der Waals surface area contributed by atoms with E-state index in [-0.39, 0.29) is 0 Å². The molecule has 3 nitrogen and oxygen atoms in total. The molecule has 1 heterocycles. The Labute approximate surface area is 77.8 Å². The molecule has 1 amide bonds. The van der Waals surface area contributed by atoms with Gasteiger partial charge in [0.1, 0.15) is 0 Å². The monoisotopic (exact) mass is 214 g/mol. The molecule has 0 spiro atoms. The Morgan fingerprint density at radius 1 is 1.50 bits per heavy atom. The van der Waals surface area contributed by atoms with Crippen LogP contribution in [0, 0.1) is 0 Å². The van der Waals surface area contributed by atoms with E-state index in [1.165, 1.54) is 0 Å². The Bertz CT molecular complexity index is 216. The summed E-state index contributed by atoms with van der Waals surface area (Å²) in [6.07, 6.45) is -3.48. The van der Waals surface area contributed by atoms with Crippen LogP contribution < -0.4 is 10.6 Å². The normalized spacial score (nSPS) is 22.8. The summed E-state index contributed by atoms with van der Waals surface area (Å²) in [5.41, 5.74) is 0. The third kappa shape index (κ3) is 2.34. The summed E-state index contributed by atoms with van der Waals surface area (Å²) in [5, 5.41) is 4.68. The van der Waals surface area contributed by atoms with Gasteiger partial charge in [0.15, 0.2) is 0 Å². The van der Waals surface area contributed by atoms with Crippen LogP contribution in [0.4, 0.5) is 17.6 Å². The topological polar surface area (TPSA) is 41.1 Å². The molecule has 1 atom stereocenters. The molecule has 7 heteroatoms. The van der Waals surface area contributed by atoms with Crippen LogP contribution in [0.2, 0.25) is 0 Å². The molecule has 0 unspecified atom stereocenters. The van der Waals surface area contributed by atoms with Gasteiger partial charge in [0.2, 0.25) is 0 Å². The Morgan fingerprint density at radius 2 is 2.14 bits per heavy atom. The van der Waals surface area contributed by atoms with Gasteiger partial charge in [-0.15, -0.1) is 0 Å². The number of alkyl halides is 4. The number of hydrogen-bond donors (Lipinski definition) is 2. The summed E-state index contributed by atoms with van der Waals surface area (Å²) < 4.78 is 48.2. The van der Waals surface area contributed by atoms with Gasteiger partial charge < -0.3 is 10.6 Å². The molecule has 1 rings (SSSR count). The van der Waals surface area contributed by atoms with E-state index in [1.807, 2.05) is 5.32 Å². The molecule has 1 aliphatic rings. The molecular formula is C7H10F4N2O. The second kappa shape index (κ2) is 4.12. The minimum absolute atomic E-state index is 0.338. The van der Waals surface area contributed by atoms with Gasteiger partial charge in [-0.25, -0.2) is 8.78 Å². The third-order valence-corrected chi connectivity index (χ3v) is 1.97. The Kier molecular flexibility index (Phi) is 3.30. The van der Waals surface area contributed by atoms with Crippen LogP contribution in [-0.4, -0.2) is 37.4 Å². The van der Waals surface area contributed by atoms with Crippen molar-refractivity contribution in [1.82, 2.24) is 10.6 Å². The van der Waals surface area contributed by atoms with Crippen molar-refractivity contribution in [3.8, 4) is 0 Å².